The standard InChI is InChI=1S/C20H19N3O3/c1-26-19(24)12-18-17(14-21-13-15-8-4-2-5-9-15)20(25)23(22-18)16-10-6-3-7-11-16/h2-11,14,22H,12-13H2,1H3. The Balaban J connectivity index is 1.94. The average molecular weight is 349 g/mol. The number of hydrogen-bond donors (Lipinski definition) is 1. The Morgan fingerprint density at radius 1 is 1.12 bits per heavy atom. The first-order valence-electron chi connectivity index (χ1n) is 8.19. The summed E-state index contributed by atoms with van der Waals surface area (Å²) in [6.07, 6.45) is 1.49. The lowest BCUT2D eigenvalue weighted by atomic mass is 10.2. The van der Waals surface area contributed by atoms with Crippen LogP contribution in [-0.2, 0) is 22.5 Å². The number of para-hydroxylation sites is 1. The van der Waals surface area contributed by atoms with Crippen LogP contribution in [0.5, 0.6) is 0 Å². The van der Waals surface area contributed by atoms with Crippen molar-refractivity contribution in [3.63, 3.8) is 0 Å². The molecule has 2 aromatic carbocycles. The number of carbonyl (C=O) groups is 1. The van der Waals surface area contributed by atoms with Gasteiger partial charge in [0.25, 0.3) is 5.56 Å². The molecule has 0 aliphatic carbocycles. The van der Waals surface area contributed by atoms with Crippen molar-refractivity contribution in [2.24, 2.45) is 4.99 Å². The molecule has 0 unspecified atom stereocenters. The van der Waals surface area contributed by atoms with Gasteiger partial charge in [-0.3, -0.25) is 19.7 Å². The van der Waals surface area contributed by atoms with E-state index in [0.29, 0.717) is 23.5 Å². The molecule has 0 saturated carbocycles. The van der Waals surface area contributed by atoms with Crippen LogP contribution in [-0.4, -0.2) is 29.1 Å². The van der Waals surface area contributed by atoms with Crippen LogP contribution in [0, 0.1) is 0 Å². The number of aromatic nitrogens is 2. The summed E-state index contributed by atoms with van der Waals surface area (Å²) in [6, 6.07) is 18.9. The zero-order valence-corrected chi connectivity index (χ0v) is 14.4. The third-order valence-electron chi connectivity index (χ3n) is 3.91. The van der Waals surface area contributed by atoms with E-state index in [4.69, 9.17) is 4.74 Å². The van der Waals surface area contributed by atoms with Crippen molar-refractivity contribution in [2.45, 2.75) is 13.0 Å². The van der Waals surface area contributed by atoms with E-state index in [-0.39, 0.29) is 12.0 Å². The summed E-state index contributed by atoms with van der Waals surface area (Å²) in [4.78, 5) is 28.8. The first kappa shape index (κ1) is 17.4. The molecule has 132 valence electrons. The van der Waals surface area contributed by atoms with Crippen LogP contribution in [0.4, 0.5) is 0 Å². The number of nitrogens with one attached hydrogen (secondary N) is 1. The van der Waals surface area contributed by atoms with Crippen LogP contribution in [0.1, 0.15) is 16.8 Å². The van der Waals surface area contributed by atoms with E-state index in [9.17, 15) is 9.59 Å². The summed E-state index contributed by atoms with van der Waals surface area (Å²) in [5.74, 6) is -0.427. The van der Waals surface area contributed by atoms with Crippen molar-refractivity contribution in [1.29, 1.82) is 0 Å². The predicted octanol–water partition coefficient (Wildman–Crippen LogP) is 2.50. The molecule has 1 heterocycles. The number of aromatic amines is 1. The molecule has 3 aromatic rings. The van der Waals surface area contributed by atoms with Gasteiger partial charge in [-0.25, -0.2) is 4.68 Å². The number of benzene rings is 2. The fraction of sp³-hybridized carbons (Fsp3) is 0.150. The maximum Gasteiger partial charge on any atom is 0.311 e. The maximum atomic E-state index is 12.8. The third kappa shape index (κ3) is 3.97. The van der Waals surface area contributed by atoms with Crippen LogP contribution < -0.4 is 5.56 Å². The van der Waals surface area contributed by atoms with Crippen molar-refractivity contribution < 1.29 is 9.53 Å². The fourth-order valence-electron chi connectivity index (χ4n) is 2.56. The molecule has 0 atom stereocenters. The first-order valence-corrected chi connectivity index (χ1v) is 8.19. The number of esters is 1. The van der Waals surface area contributed by atoms with E-state index in [1.54, 1.807) is 0 Å². The molecule has 0 saturated heterocycles. The van der Waals surface area contributed by atoms with Gasteiger partial charge in [-0.05, 0) is 17.7 Å². The molecule has 1 N–H and O–H groups in total. The van der Waals surface area contributed by atoms with Gasteiger partial charge in [0.05, 0.1) is 37.0 Å². The van der Waals surface area contributed by atoms with Crippen molar-refractivity contribution in [3.8, 4) is 5.69 Å². The number of nitrogens with zero attached hydrogens (tertiary/aromatic N) is 2. The average Bonchev–Trinajstić information content (AvgIpc) is 2.99. The van der Waals surface area contributed by atoms with Gasteiger partial charge < -0.3 is 4.74 Å². The topological polar surface area (TPSA) is 76.5 Å². The molecule has 6 heteroatoms. The van der Waals surface area contributed by atoms with Crippen molar-refractivity contribution in [3.05, 3.63) is 87.8 Å². The monoisotopic (exact) mass is 349 g/mol. The van der Waals surface area contributed by atoms with Gasteiger partial charge in [-0.1, -0.05) is 48.5 Å². The number of aliphatic imine (C=N–C) groups is 1. The van der Waals surface area contributed by atoms with Crippen LogP contribution in [0.15, 0.2) is 70.5 Å². The Morgan fingerprint density at radius 2 is 1.77 bits per heavy atom. The lowest BCUT2D eigenvalue weighted by Crippen LogP contribution is -2.17. The molecule has 0 aliphatic heterocycles. The first-order chi connectivity index (χ1) is 12.7. The number of carbonyl (C=O) groups excluding carboxylic acids is 1. The van der Waals surface area contributed by atoms with Gasteiger partial charge in [0.2, 0.25) is 0 Å². The van der Waals surface area contributed by atoms with E-state index >= 15 is 0 Å². The van der Waals surface area contributed by atoms with E-state index in [1.807, 2.05) is 60.7 Å². The molecule has 0 amide bonds. The van der Waals surface area contributed by atoms with Crippen LogP contribution >= 0.6 is 0 Å². The summed E-state index contributed by atoms with van der Waals surface area (Å²) in [7, 11) is 1.32. The minimum absolute atomic E-state index is 0.0295. The SMILES string of the molecule is COC(=O)Cc1[nH]n(-c2ccccc2)c(=O)c1C=NCc1ccccc1. The Kier molecular flexibility index (Phi) is 5.43. The van der Waals surface area contributed by atoms with E-state index in [1.165, 1.54) is 18.0 Å². The molecule has 0 spiro atoms. The molecule has 0 bridgehead atoms. The minimum atomic E-state index is -0.427. The number of hydrogen-bond acceptors (Lipinski definition) is 4. The molecule has 0 aliphatic rings. The van der Waals surface area contributed by atoms with Gasteiger partial charge in [-0.15, -0.1) is 0 Å². The van der Waals surface area contributed by atoms with Crippen LogP contribution in [0.2, 0.25) is 0 Å². The third-order valence-corrected chi connectivity index (χ3v) is 3.91. The van der Waals surface area contributed by atoms with Gasteiger partial charge in [0.15, 0.2) is 0 Å². The normalized spacial score (nSPS) is 11.0. The Bertz CT molecular complexity index is 957. The number of H-pyrrole nitrogens is 1. The highest BCUT2D eigenvalue weighted by Gasteiger charge is 2.16. The van der Waals surface area contributed by atoms with Crippen molar-refractivity contribution in [1.82, 2.24) is 9.78 Å². The second-order valence-electron chi connectivity index (χ2n) is 5.69. The molecule has 1 aromatic heterocycles. The maximum absolute atomic E-state index is 12.8. The summed E-state index contributed by atoms with van der Waals surface area (Å²) in [5, 5.41) is 2.99. The Morgan fingerprint density at radius 3 is 2.42 bits per heavy atom. The molecular formula is C20H19N3O3. The largest absolute Gasteiger partial charge is 0.469 e. The number of rotatable bonds is 6. The predicted molar refractivity (Wildman–Crippen MR) is 99.8 cm³/mol. The van der Waals surface area contributed by atoms with Gasteiger partial charge >= 0.3 is 5.97 Å². The van der Waals surface area contributed by atoms with Gasteiger partial charge in [0.1, 0.15) is 0 Å². The summed E-state index contributed by atoms with van der Waals surface area (Å²) in [5.41, 5.74) is 2.30. The number of methoxy groups -OCH3 is 1. The molecule has 0 radical (unpaired) electrons. The zero-order valence-electron chi connectivity index (χ0n) is 14.4. The van der Waals surface area contributed by atoms with E-state index in [0.717, 1.165) is 5.56 Å². The van der Waals surface area contributed by atoms with Gasteiger partial charge in [0, 0.05) is 6.21 Å². The number of ether oxygens (including phenoxy) is 1. The smallest absolute Gasteiger partial charge is 0.311 e. The van der Waals surface area contributed by atoms with Crippen molar-refractivity contribution in [2.75, 3.05) is 7.11 Å². The van der Waals surface area contributed by atoms with E-state index in [2.05, 4.69) is 10.1 Å². The minimum Gasteiger partial charge on any atom is -0.469 e. The summed E-state index contributed by atoms with van der Waals surface area (Å²) in [6.45, 7) is 0.453. The van der Waals surface area contributed by atoms with Crippen LogP contribution in [0.25, 0.3) is 5.69 Å². The highest BCUT2D eigenvalue weighted by Crippen LogP contribution is 2.08. The molecule has 3 rings (SSSR count). The summed E-state index contributed by atoms with van der Waals surface area (Å²) < 4.78 is 6.13. The summed E-state index contributed by atoms with van der Waals surface area (Å²) >= 11 is 0. The Labute approximate surface area is 150 Å². The molecular weight excluding hydrogens is 330 g/mol. The lowest BCUT2D eigenvalue weighted by Gasteiger charge is -2.01. The highest BCUT2D eigenvalue weighted by atomic mass is 16.5. The molecule has 26 heavy (non-hydrogen) atoms. The lowest BCUT2D eigenvalue weighted by molar-refractivity contribution is -0.139. The molecule has 0 fully saturated rings. The van der Waals surface area contributed by atoms with Gasteiger partial charge in [-0.2, -0.15) is 0 Å². The molecule has 6 nitrogen and oxygen atoms in total. The quantitative estimate of drug-likeness (QED) is 0.549. The zero-order chi connectivity index (χ0) is 18.4. The highest BCUT2D eigenvalue weighted by molar-refractivity contribution is 5.83. The second-order valence-corrected chi connectivity index (χ2v) is 5.69. The van der Waals surface area contributed by atoms with Crippen molar-refractivity contribution >= 4 is 12.2 Å². The Hall–Kier alpha value is -3.41. The fourth-order valence-corrected chi connectivity index (χ4v) is 2.56. The van der Waals surface area contributed by atoms with Crippen LogP contribution in [0.3, 0.4) is 0 Å². The second kappa shape index (κ2) is 8.11. The van der Waals surface area contributed by atoms with E-state index < -0.39 is 5.97 Å².